The molecule has 30 heavy (non-hydrogen) atoms. The molecule has 2 N–H and O–H groups in total. The van der Waals surface area contributed by atoms with Gasteiger partial charge in [-0.3, -0.25) is 4.79 Å². The van der Waals surface area contributed by atoms with Gasteiger partial charge in [0.25, 0.3) is 5.56 Å². The number of aryl methyl sites for hydroxylation is 2. The largest absolute Gasteiger partial charge is 0.332 e. The second-order valence-electron chi connectivity index (χ2n) is 6.82. The summed E-state index contributed by atoms with van der Waals surface area (Å²) in [5, 5.41) is 11.1. The summed E-state index contributed by atoms with van der Waals surface area (Å²) in [7, 11) is 0. The maximum Gasteiger partial charge on any atom is 0.319 e. The van der Waals surface area contributed by atoms with Crippen molar-refractivity contribution in [3.8, 4) is 10.6 Å². The summed E-state index contributed by atoms with van der Waals surface area (Å²) in [6, 6.07) is 14.1. The fourth-order valence-corrected chi connectivity index (χ4v) is 3.93. The Balaban J connectivity index is 1.50. The van der Waals surface area contributed by atoms with Gasteiger partial charge in [-0.1, -0.05) is 58.8 Å². The minimum absolute atomic E-state index is 0.106. The lowest BCUT2D eigenvalue weighted by atomic mass is 10.2. The highest BCUT2D eigenvalue weighted by Gasteiger charge is 2.12. The van der Waals surface area contributed by atoms with Crippen molar-refractivity contribution in [2.24, 2.45) is 0 Å². The first kappa shape index (κ1) is 20.1. The summed E-state index contributed by atoms with van der Waals surface area (Å²) in [5.74, 6) is 0. The minimum atomic E-state index is -0.410. The van der Waals surface area contributed by atoms with Crippen molar-refractivity contribution in [3.05, 3.63) is 80.7 Å². The van der Waals surface area contributed by atoms with Gasteiger partial charge in [0.1, 0.15) is 5.01 Å². The van der Waals surface area contributed by atoms with Crippen LogP contribution in [0.3, 0.4) is 0 Å². The molecule has 0 radical (unpaired) electrons. The van der Waals surface area contributed by atoms with Crippen LogP contribution in [0.25, 0.3) is 15.5 Å². The van der Waals surface area contributed by atoms with Gasteiger partial charge in [0.15, 0.2) is 0 Å². The van der Waals surface area contributed by atoms with Gasteiger partial charge in [0.2, 0.25) is 4.96 Å². The van der Waals surface area contributed by atoms with Crippen LogP contribution >= 0.6 is 22.9 Å². The summed E-state index contributed by atoms with van der Waals surface area (Å²) in [5.41, 5.74) is 3.74. The number of nitrogens with zero attached hydrogens (tertiary/aromatic N) is 3. The number of rotatable bonds is 4. The quantitative estimate of drug-likeness (QED) is 0.493. The van der Waals surface area contributed by atoms with Crippen LogP contribution in [-0.4, -0.2) is 20.6 Å². The molecule has 7 nitrogen and oxygen atoms in total. The third kappa shape index (κ3) is 4.34. The molecule has 0 aliphatic heterocycles. The molecule has 0 unspecified atom stereocenters. The highest BCUT2D eigenvalue weighted by atomic mass is 35.5. The molecule has 0 spiro atoms. The Morgan fingerprint density at radius 2 is 1.90 bits per heavy atom. The molecule has 2 heterocycles. The van der Waals surface area contributed by atoms with Gasteiger partial charge in [-0.25, -0.2) is 9.78 Å². The predicted molar refractivity (Wildman–Crippen MR) is 119 cm³/mol. The molecular formula is C21H18ClN5O2S. The number of aromatic nitrogens is 3. The number of hydrogen-bond donors (Lipinski definition) is 2. The molecule has 2 amide bonds. The molecular weight excluding hydrogens is 422 g/mol. The van der Waals surface area contributed by atoms with Crippen LogP contribution in [0.5, 0.6) is 0 Å². The summed E-state index contributed by atoms with van der Waals surface area (Å²) >= 11 is 7.30. The van der Waals surface area contributed by atoms with Crippen LogP contribution in [0.15, 0.2) is 53.3 Å². The van der Waals surface area contributed by atoms with Crippen molar-refractivity contribution >= 4 is 39.6 Å². The van der Waals surface area contributed by atoms with E-state index in [1.54, 1.807) is 12.1 Å². The number of benzene rings is 2. The van der Waals surface area contributed by atoms with Gasteiger partial charge in [0, 0.05) is 22.3 Å². The molecule has 9 heteroatoms. The van der Waals surface area contributed by atoms with E-state index >= 15 is 0 Å². The van der Waals surface area contributed by atoms with Crippen molar-refractivity contribution in [2.75, 3.05) is 5.32 Å². The number of nitrogens with one attached hydrogen (secondary N) is 2. The molecule has 2 aromatic carbocycles. The number of carbonyl (C=O) groups excluding carboxylic acids is 1. The minimum Gasteiger partial charge on any atom is -0.332 e. The van der Waals surface area contributed by atoms with Crippen LogP contribution in [0.1, 0.15) is 16.8 Å². The molecule has 4 aromatic rings. The van der Waals surface area contributed by atoms with Crippen LogP contribution in [-0.2, 0) is 6.54 Å². The van der Waals surface area contributed by atoms with Gasteiger partial charge in [-0.2, -0.15) is 9.61 Å². The SMILES string of the molecule is Cc1ccc(-c2nn3c(=O)cc(CNC(=O)Nc4cc(Cl)ccc4C)nc3s2)cc1. The molecule has 0 fully saturated rings. The van der Waals surface area contributed by atoms with E-state index in [9.17, 15) is 9.59 Å². The monoisotopic (exact) mass is 439 g/mol. The maximum atomic E-state index is 12.4. The Bertz CT molecular complexity index is 1300. The zero-order valence-electron chi connectivity index (χ0n) is 16.3. The molecule has 0 saturated carbocycles. The molecule has 152 valence electrons. The number of fused-ring (bicyclic) bond motifs is 1. The van der Waals surface area contributed by atoms with E-state index in [2.05, 4.69) is 20.7 Å². The summed E-state index contributed by atoms with van der Waals surface area (Å²) in [6.07, 6.45) is 0. The summed E-state index contributed by atoms with van der Waals surface area (Å²) in [4.78, 5) is 29.6. The zero-order valence-corrected chi connectivity index (χ0v) is 17.8. The Morgan fingerprint density at radius 1 is 1.13 bits per heavy atom. The van der Waals surface area contributed by atoms with Gasteiger partial charge in [0.05, 0.1) is 12.2 Å². The smallest absolute Gasteiger partial charge is 0.319 e. The van der Waals surface area contributed by atoms with E-state index in [1.807, 2.05) is 44.2 Å². The average Bonchev–Trinajstić information content (AvgIpc) is 3.14. The van der Waals surface area contributed by atoms with Crippen LogP contribution < -0.4 is 16.2 Å². The van der Waals surface area contributed by atoms with Crippen LogP contribution in [0.2, 0.25) is 5.02 Å². The van der Waals surface area contributed by atoms with Crippen LogP contribution in [0, 0.1) is 13.8 Å². The number of anilines is 1. The predicted octanol–water partition coefficient (Wildman–Crippen LogP) is 4.41. The van der Waals surface area contributed by atoms with Crippen molar-refractivity contribution in [1.82, 2.24) is 19.9 Å². The first-order valence-electron chi connectivity index (χ1n) is 9.17. The van der Waals surface area contributed by atoms with E-state index in [0.29, 0.717) is 26.4 Å². The molecule has 0 atom stereocenters. The van der Waals surface area contributed by atoms with Crippen molar-refractivity contribution in [3.63, 3.8) is 0 Å². The Hall–Kier alpha value is -3.23. The number of carbonyl (C=O) groups is 1. The third-order valence-corrected chi connectivity index (χ3v) is 5.67. The van der Waals surface area contributed by atoms with Gasteiger partial charge < -0.3 is 10.6 Å². The second kappa shape index (κ2) is 8.25. The fourth-order valence-electron chi connectivity index (χ4n) is 2.83. The second-order valence-corrected chi connectivity index (χ2v) is 8.21. The van der Waals surface area contributed by atoms with Crippen molar-refractivity contribution < 1.29 is 4.79 Å². The number of halogens is 1. The van der Waals surface area contributed by atoms with E-state index in [4.69, 9.17) is 11.6 Å². The normalized spacial score (nSPS) is 10.9. The number of urea groups is 1. The fraction of sp³-hybridized carbons (Fsp3) is 0.143. The van der Waals surface area contributed by atoms with Crippen LogP contribution in [0.4, 0.5) is 10.5 Å². The average molecular weight is 440 g/mol. The highest BCUT2D eigenvalue weighted by Crippen LogP contribution is 2.24. The topological polar surface area (TPSA) is 88.4 Å². The lowest BCUT2D eigenvalue weighted by Crippen LogP contribution is -2.29. The summed E-state index contributed by atoms with van der Waals surface area (Å²) < 4.78 is 1.28. The Kier molecular flexibility index (Phi) is 5.52. The molecule has 2 aromatic heterocycles. The Labute approximate surface area is 181 Å². The molecule has 0 saturated heterocycles. The van der Waals surface area contributed by atoms with E-state index in [1.165, 1.54) is 21.9 Å². The van der Waals surface area contributed by atoms with E-state index in [0.717, 1.165) is 16.7 Å². The standard InChI is InChI=1S/C21H18ClN5O2S/c1-12-3-6-14(7-4-12)19-26-27-18(28)10-16(24-21(27)30-19)11-23-20(29)25-17-9-15(22)8-5-13(17)2/h3-10H,11H2,1-2H3,(H2,23,25,29). The molecule has 0 aliphatic carbocycles. The van der Waals surface area contributed by atoms with Gasteiger partial charge >= 0.3 is 6.03 Å². The first-order valence-corrected chi connectivity index (χ1v) is 10.4. The molecule has 4 rings (SSSR count). The lowest BCUT2D eigenvalue weighted by Gasteiger charge is -2.10. The first-order chi connectivity index (χ1) is 14.4. The number of amides is 2. The summed E-state index contributed by atoms with van der Waals surface area (Å²) in [6.45, 7) is 3.99. The zero-order chi connectivity index (χ0) is 21.3. The van der Waals surface area contributed by atoms with Crippen molar-refractivity contribution in [2.45, 2.75) is 20.4 Å². The van der Waals surface area contributed by atoms with Crippen molar-refractivity contribution in [1.29, 1.82) is 0 Å². The third-order valence-electron chi connectivity index (χ3n) is 4.47. The van der Waals surface area contributed by atoms with E-state index < -0.39 is 6.03 Å². The highest BCUT2D eigenvalue weighted by molar-refractivity contribution is 7.19. The molecule has 0 bridgehead atoms. The lowest BCUT2D eigenvalue weighted by molar-refractivity contribution is 0.251. The molecule has 0 aliphatic rings. The Morgan fingerprint density at radius 3 is 2.67 bits per heavy atom. The van der Waals surface area contributed by atoms with E-state index in [-0.39, 0.29) is 12.1 Å². The van der Waals surface area contributed by atoms with Gasteiger partial charge in [-0.15, -0.1) is 0 Å². The maximum absolute atomic E-state index is 12.4. The van der Waals surface area contributed by atoms with Gasteiger partial charge in [-0.05, 0) is 31.5 Å². The number of hydrogen-bond acceptors (Lipinski definition) is 5.